The maximum Gasteiger partial charge on any atom is 0.332 e. The molecule has 0 bridgehead atoms. The minimum atomic E-state index is -4.08. The Hall–Kier alpha value is -3.64. The summed E-state index contributed by atoms with van der Waals surface area (Å²) in [4.78, 5) is 31.0. The Bertz CT molecular complexity index is 1700. The van der Waals surface area contributed by atoms with Gasteiger partial charge in [-0.3, -0.25) is 23.6 Å². The van der Waals surface area contributed by atoms with Crippen molar-refractivity contribution in [2.45, 2.75) is 43.3 Å². The molecule has 1 fully saturated rings. The van der Waals surface area contributed by atoms with E-state index in [-0.39, 0.29) is 23.4 Å². The largest absolute Gasteiger partial charge is 0.332 e. The summed E-state index contributed by atoms with van der Waals surface area (Å²) in [6.45, 7) is 1.16. The molecule has 10 nitrogen and oxygen atoms in total. The molecule has 0 saturated heterocycles. The van der Waals surface area contributed by atoms with Gasteiger partial charge in [0.1, 0.15) is 6.67 Å². The zero-order valence-corrected chi connectivity index (χ0v) is 20.6. The van der Waals surface area contributed by atoms with Crippen LogP contribution >= 0.6 is 0 Å². The summed E-state index contributed by atoms with van der Waals surface area (Å²) in [5.41, 5.74) is 0.286. The van der Waals surface area contributed by atoms with E-state index in [1.165, 1.54) is 22.8 Å². The average Bonchev–Trinajstić information content (AvgIpc) is 3.49. The van der Waals surface area contributed by atoms with Crippen LogP contribution in [0.3, 0.4) is 0 Å². The van der Waals surface area contributed by atoms with Crippen LogP contribution in [-0.2, 0) is 30.2 Å². The van der Waals surface area contributed by atoms with Crippen LogP contribution < -0.4 is 16.0 Å². The highest BCUT2D eigenvalue weighted by molar-refractivity contribution is 7.89. The van der Waals surface area contributed by atoms with Crippen LogP contribution in [-0.4, -0.2) is 44.5 Å². The molecule has 5 rings (SSSR count). The first-order valence-electron chi connectivity index (χ1n) is 11.4. The first kappa shape index (κ1) is 24.1. The summed E-state index contributed by atoms with van der Waals surface area (Å²) in [7, 11) is -2.35. The van der Waals surface area contributed by atoms with Crippen LogP contribution in [0.4, 0.5) is 4.39 Å². The molecule has 4 aromatic rings. The number of benzene rings is 1. The van der Waals surface area contributed by atoms with E-state index >= 15 is 0 Å². The van der Waals surface area contributed by atoms with Gasteiger partial charge in [0.2, 0.25) is 10.0 Å². The standard InChI is InChI=1S/C24H25FN6O4S/c1-16-9-17(5-8-26-16)13-30-21-4-3-19(36(34,35)28-24(15-25)6-7-24)10-20(21)22(32)31(23(30)33)14-18-11-27-29(2)12-18/h3-5,8-12,28H,6-7,13-15H2,1-2H3. The first-order chi connectivity index (χ1) is 17.1. The van der Waals surface area contributed by atoms with Crippen molar-refractivity contribution in [3.63, 3.8) is 0 Å². The summed E-state index contributed by atoms with van der Waals surface area (Å²) >= 11 is 0. The number of fused-ring (bicyclic) bond motifs is 1. The number of alkyl halides is 1. The molecule has 0 aliphatic heterocycles. The fourth-order valence-electron chi connectivity index (χ4n) is 4.24. The maximum atomic E-state index is 13.5. The number of hydrogen-bond acceptors (Lipinski definition) is 6. The van der Waals surface area contributed by atoms with Crippen molar-refractivity contribution in [2.24, 2.45) is 7.05 Å². The van der Waals surface area contributed by atoms with E-state index in [9.17, 15) is 22.4 Å². The Labute approximate surface area is 206 Å². The van der Waals surface area contributed by atoms with Gasteiger partial charge in [0.15, 0.2) is 0 Å². The number of aromatic nitrogens is 5. The van der Waals surface area contributed by atoms with Crippen LogP contribution in [0.15, 0.2) is 63.4 Å². The normalized spacial score (nSPS) is 14.9. The van der Waals surface area contributed by atoms with Gasteiger partial charge in [-0.15, -0.1) is 0 Å². The quantitative estimate of drug-likeness (QED) is 0.382. The molecule has 36 heavy (non-hydrogen) atoms. The molecule has 3 heterocycles. The Kier molecular flexibility index (Phi) is 5.87. The molecule has 3 aromatic heterocycles. The van der Waals surface area contributed by atoms with Gasteiger partial charge in [-0.25, -0.2) is 22.3 Å². The zero-order chi connectivity index (χ0) is 25.7. The van der Waals surface area contributed by atoms with Gasteiger partial charge in [0, 0.05) is 30.7 Å². The van der Waals surface area contributed by atoms with E-state index in [2.05, 4.69) is 14.8 Å². The number of halogens is 1. The SMILES string of the molecule is Cc1cc(Cn2c(=O)n(Cc3cnn(C)c3)c(=O)c3cc(S(=O)(=O)NC4(CF)CC4)ccc32)ccn1. The fourth-order valence-corrected chi connectivity index (χ4v) is 5.71. The molecule has 1 aliphatic carbocycles. The number of hydrogen-bond donors (Lipinski definition) is 1. The third-order valence-electron chi connectivity index (χ3n) is 6.37. The van der Waals surface area contributed by atoms with Crippen LogP contribution in [0.2, 0.25) is 0 Å². The Morgan fingerprint density at radius 3 is 2.47 bits per heavy atom. The van der Waals surface area contributed by atoms with E-state index in [0.29, 0.717) is 23.9 Å². The highest BCUT2D eigenvalue weighted by atomic mass is 32.2. The third kappa shape index (κ3) is 4.49. The van der Waals surface area contributed by atoms with E-state index in [1.807, 2.05) is 13.0 Å². The molecular weight excluding hydrogens is 487 g/mol. The average molecular weight is 513 g/mol. The van der Waals surface area contributed by atoms with Crippen molar-refractivity contribution in [1.82, 2.24) is 28.6 Å². The maximum absolute atomic E-state index is 13.5. The highest BCUT2D eigenvalue weighted by Crippen LogP contribution is 2.37. The molecule has 1 N–H and O–H groups in total. The molecule has 1 saturated carbocycles. The second-order valence-electron chi connectivity index (χ2n) is 9.29. The zero-order valence-electron chi connectivity index (χ0n) is 19.8. The van der Waals surface area contributed by atoms with Crippen LogP contribution in [0.5, 0.6) is 0 Å². The summed E-state index contributed by atoms with van der Waals surface area (Å²) in [6.07, 6.45) is 5.73. The van der Waals surface area contributed by atoms with E-state index < -0.39 is 33.5 Å². The minimum Gasteiger partial charge on any atom is -0.289 e. The predicted octanol–water partition coefficient (Wildman–Crippen LogP) is 1.48. The topological polar surface area (TPSA) is 121 Å². The number of sulfonamides is 1. The molecule has 0 spiro atoms. The molecular formula is C24H25FN6O4S. The number of pyridine rings is 1. The molecule has 0 radical (unpaired) electrons. The van der Waals surface area contributed by atoms with Gasteiger partial charge < -0.3 is 0 Å². The Balaban J connectivity index is 1.68. The molecule has 1 aliphatic rings. The van der Waals surface area contributed by atoms with E-state index in [0.717, 1.165) is 15.8 Å². The Morgan fingerprint density at radius 1 is 1.08 bits per heavy atom. The smallest absolute Gasteiger partial charge is 0.289 e. The summed E-state index contributed by atoms with van der Waals surface area (Å²) in [6, 6.07) is 7.64. The molecule has 12 heteroatoms. The minimum absolute atomic E-state index is 0.0307. The van der Waals surface area contributed by atoms with Crippen molar-refractivity contribution < 1.29 is 12.8 Å². The number of aryl methyl sites for hydroxylation is 2. The molecule has 0 amide bonds. The van der Waals surface area contributed by atoms with E-state index in [1.54, 1.807) is 36.4 Å². The Morgan fingerprint density at radius 2 is 1.83 bits per heavy atom. The lowest BCUT2D eigenvalue weighted by Crippen LogP contribution is -2.41. The highest BCUT2D eigenvalue weighted by Gasteiger charge is 2.46. The van der Waals surface area contributed by atoms with Crippen molar-refractivity contribution in [1.29, 1.82) is 0 Å². The fraction of sp³-hybridized carbons (Fsp3) is 0.333. The summed E-state index contributed by atoms with van der Waals surface area (Å²) < 4.78 is 45.8. The molecule has 0 unspecified atom stereocenters. The predicted molar refractivity (Wildman–Crippen MR) is 131 cm³/mol. The van der Waals surface area contributed by atoms with Gasteiger partial charge in [-0.1, -0.05) is 0 Å². The van der Waals surface area contributed by atoms with E-state index in [4.69, 9.17) is 0 Å². The second-order valence-corrected chi connectivity index (χ2v) is 11.0. The summed E-state index contributed by atoms with van der Waals surface area (Å²) in [5, 5.41) is 4.16. The van der Waals surface area contributed by atoms with Gasteiger partial charge in [-0.05, 0) is 55.7 Å². The number of rotatable bonds is 8. The number of nitrogens with one attached hydrogen (secondary N) is 1. The number of nitrogens with zero attached hydrogens (tertiary/aromatic N) is 5. The third-order valence-corrected chi connectivity index (χ3v) is 7.94. The van der Waals surface area contributed by atoms with Crippen LogP contribution in [0.25, 0.3) is 10.9 Å². The second kappa shape index (κ2) is 8.79. The lowest BCUT2D eigenvalue weighted by atomic mass is 10.2. The van der Waals surface area contributed by atoms with Crippen molar-refractivity contribution in [3.05, 3.63) is 86.6 Å². The monoisotopic (exact) mass is 512 g/mol. The van der Waals surface area contributed by atoms with Gasteiger partial charge >= 0.3 is 5.69 Å². The van der Waals surface area contributed by atoms with Gasteiger partial charge in [0.05, 0.1) is 40.6 Å². The van der Waals surface area contributed by atoms with Crippen molar-refractivity contribution >= 4 is 20.9 Å². The lowest BCUT2D eigenvalue weighted by Gasteiger charge is -2.17. The van der Waals surface area contributed by atoms with Crippen molar-refractivity contribution in [3.8, 4) is 0 Å². The van der Waals surface area contributed by atoms with Crippen molar-refractivity contribution in [2.75, 3.05) is 6.67 Å². The van der Waals surface area contributed by atoms with Gasteiger partial charge in [0.25, 0.3) is 5.56 Å². The van der Waals surface area contributed by atoms with Gasteiger partial charge in [-0.2, -0.15) is 5.10 Å². The lowest BCUT2D eigenvalue weighted by molar-refractivity contribution is 0.393. The van der Waals surface area contributed by atoms with Crippen LogP contribution in [0, 0.1) is 6.92 Å². The first-order valence-corrected chi connectivity index (χ1v) is 12.9. The molecule has 1 aromatic carbocycles. The molecule has 0 atom stereocenters. The summed E-state index contributed by atoms with van der Waals surface area (Å²) in [5.74, 6) is 0. The van der Waals surface area contributed by atoms with Crippen LogP contribution in [0.1, 0.15) is 29.7 Å². The molecule has 188 valence electrons.